The molecule has 0 aromatic carbocycles. The first kappa shape index (κ1) is 16.0. The van der Waals surface area contributed by atoms with Crippen LogP contribution < -0.4 is 5.32 Å². The van der Waals surface area contributed by atoms with Crippen molar-refractivity contribution in [1.82, 2.24) is 14.7 Å². The van der Waals surface area contributed by atoms with Crippen LogP contribution in [-0.2, 0) is 4.79 Å². The molecule has 114 valence electrons. The molecule has 0 spiro atoms. The lowest BCUT2D eigenvalue weighted by Crippen LogP contribution is -2.30. The zero-order chi connectivity index (χ0) is 15.2. The van der Waals surface area contributed by atoms with Crippen LogP contribution >= 0.6 is 22.9 Å². The number of hydrogen-bond donors (Lipinski definition) is 1. The van der Waals surface area contributed by atoms with Gasteiger partial charge in [-0.1, -0.05) is 37.8 Å². The summed E-state index contributed by atoms with van der Waals surface area (Å²) in [5.74, 6) is -0.0970. The van der Waals surface area contributed by atoms with Gasteiger partial charge in [0.1, 0.15) is 0 Å². The Bertz CT molecular complexity index is 632. The van der Waals surface area contributed by atoms with Crippen LogP contribution in [0.15, 0.2) is 17.7 Å². The highest BCUT2D eigenvalue weighted by molar-refractivity contribution is 7.15. The number of thiazole rings is 1. The SMILES string of the molecule is CCCCCC(C)NC(=O)/C=C/c1c(Cl)nc2sccn12. The van der Waals surface area contributed by atoms with E-state index >= 15 is 0 Å². The molecule has 0 saturated heterocycles. The fraction of sp³-hybridized carbons (Fsp3) is 0.467. The number of nitrogens with one attached hydrogen (secondary N) is 1. The molecule has 0 saturated carbocycles. The Balaban J connectivity index is 1.93. The molecule has 2 heterocycles. The van der Waals surface area contributed by atoms with Crippen LogP contribution in [-0.4, -0.2) is 21.3 Å². The highest BCUT2D eigenvalue weighted by atomic mass is 35.5. The number of carbonyl (C=O) groups is 1. The number of imidazole rings is 1. The van der Waals surface area contributed by atoms with E-state index in [1.54, 1.807) is 6.08 Å². The van der Waals surface area contributed by atoms with Gasteiger partial charge in [0.25, 0.3) is 0 Å². The third-order valence-corrected chi connectivity index (χ3v) is 4.31. The average Bonchev–Trinajstić information content (AvgIpc) is 2.97. The first-order valence-corrected chi connectivity index (χ1v) is 8.47. The maximum atomic E-state index is 11.9. The molecule has 1 N–H and O–H groups in total. The van der Waals surface area contributed by atoms with Crippen LogP contribution in [0.5, 0.6) is 0 Å². The summed E-state index contributed by atoms with van der Waals surface area (Å²) in [6.45, 7) is 4.21. The number of hydrogen-bond acceptors (Lipinski definition) is 3. The highest BCUT2D eigenvalue weighted by Crippen LogP contribution is 2.22. The molecule has 0 aliphatic rings. The minimum absolute atomic E-state index is 0.0970. The van der Waals surface area contributed by atoms with Crippen molar-refractivity contribution >= 4 is 39.9 Å². The zero-order valence-corrected chi connectivity index (χ0v) is 13.9. The molecular weight excluding hydrogens is 306 g/mol. The van der Waals surface area contributed by atoms with Crippen LogP contribution in [0.25, 0.3) is 11.0 Å². The zero-order valence-electron chi connectivity index (χ0n) is 12.3. The molecule has 21 heavy (non-hydrogen) atoms. The Morgan fingerprint density at radius 3 is 3.14 bits per heavy atom. The molecule has 0 bridgehead atoms. The van der Waals surface area contributed by atoms with Gasteiger partial charge in [0, 0.05) is 23.7 Å². The number of aromatic nitrogens is 2. The Hall–Kier alpha value is -1.33. The van der Waals surface area contributed by atoms with Gasteiger partial charge in [-0.25, -0.2) is 4.98 Å². The Morgan fingerprint density at radius 2 is 2.38 bits per heavy atom. The van der Waals surface area contributed by atoms with E-state index < -0.39 is 0 Å². The number of amides is 1. The van der Waals surface area contributed by atoms with Gasteiger partial charge in [-0.2, -0.15) is 0 Å². The van der Waals surface area contributed by atoms with Crippen molar-refractivity contribution in [3.05, 3.63) is 28.5 Å². The van der Waals surface area contributed by atoms with E-state index in [9.17, 15) is 4.79 Å². The smallest absolute Gasteiger partial charge is 0.244 e. The average molecular weight is 326 g/mol. The van der Waals surface area contributed by atoms with Crippen LogP contribution in [0.3, 0.4) is 0 Å². The molecule has 1 atom stereocenters. The molecule has 0 radical (unpaired) electrons. The van der Waals surface area contributed by atoms with Gasteiger partial charge in [-0.05, 0) is 19.4 Å². The minimum atomic E-state index is -0.0970. The normalized spacial score (nSPS) is 13.1. The van der Waals surface area contributed by atoms with Crippen molar-refractivity contribution in [2.45, 2.75) is 45.6 Å². The van der Waals surface area contributed by atoms with E-state index in [1.807, 2.05) is 22.9 Å². The van der Waals surface area contributed by atoms with Crippen LogP contribution in [0.2, 0.25) is 5.15 Å². The maximum Gasteiger partial charge on any atom is 0.244 e. The molecular formula is C15H20ClN3OS. The molecule has 0 fully saturated rings. The summed E-state index contributed by atoms with van der Waals surface area (Å²) >= 11 is 7.59. The second-order valence-corrected chi connectivity index (χ2v) is 6.31. The lowest BCUT2D eigenvalue weighted by molar-refractivity contribution is -0.117. The number of fused-ring (bicyclic) bond motifs is 1. The first-order chi connectivity index (χ1) is 10.1. The van der Waals surface area contributed by atoms with Gasteiger partial charge in [0.05, 0.1) is 5.69 Å². The molecule has 1 unspecified atom stereocenters. The highest BCUT2D eigenvalue weighted by Gasteiger charge is 2.09. The summed E-state index contributed by atoms with van der Waals surface area (Å²) in [5.41, 5.74) is 0.738. The van der Waals surface area contributed by atoms with Crippen LogP contribution in [0.1, 0.15) is 45.2 Å². The maximum absolute atomic E-state index is 11.9. The second kappa shape index (κ2) is 7.61. The van der Waals surface area contributed by atoms with E-state index in [2.05, 4.69) is 17.2 Å². The summed E-state index contributed by atoms with van der Waals surface area (Å²) in [6, 6.07) is 0.191. The fourth-order valence-electron chi connectivity index (χ4n) is 2.14. The fourth-order valence-corrected chi connectivity index (χ4v) is 3.15. The van der Waals surface area contributed by atoms with Gasteiger partial charge in [-0.3, -0.25) is 9.20 Å². The Kier molecular flexibility index (Phi) is 5.82. The minimum Gasteiger partial charge on any atom is -0.350 e. The lowest BCUT2D eigenvalue weighted by Gasteiger charge is -2.11. The summed E-state index contributed by atoms with van der Waals surface area (Å²) in [7, 11) is 0. The van der Waals surface area contributed by atoms with E-state index in [4.69, 9.17) is 11.6 Å². The summed E-state index contributed by atoms with van der Waals surface area (Å²) in [4.78, 5) is 17.0. The van der Waals surface area contributed by atoms with Crippen LogP contribution in [0.4, 0.5) is 0 Å². The molecule has 0 aliphatic carbocycles. The summed E-state index contributed by atoms with van der Waals surface area (Å²) in [6.07, 6.45) is 9.67. The van der Waals surface area contributed by atoms with E-state index in [0.717, 1.165) is 23.5 Å². The van der Waals surface area contributed by atoms with Crippen molar-refractivity contribution in [3.8, 4) is 0 Å². The molecule has 2 aromatic rings. The molecule has 6 heteroatoms. The van der Waals surface area contributed by atoms with Gasteiger partial charge in [0.15, 0.2) is 10.1 Å². The number of unbranched alkanes of at least 4 members (excludes halogenated alkanes) is 2. The summed E-state index contributed by atoms with van der Waals surface area (Å²) in [5, 5.41) is 5.32. The molecule has 0 aliphatic heterocycles. The third kappa shape index (κ3) is 4.32. The number of halogens is 1. The molecule has 2 rings (SSSR count). The third-order valence-electron chi connectivity index (χ3n) is 3.28. The predicted molar refractivity (Wildman–Crippen MR) is 88.9 cm³/mol. The van der Waals surface area contributed by atoms with Crippen molar-refractivity contribution in [3.63, 3.8) is 0 Å². The topological polar surface area (TPSA) is 46.4 Å². The van der Waals surface area contributed by atoms with Crippen LogP contribution in [0, 0.1) is 0 Å². The largest absolute Gasteiger partial charge is 0.350 e. The number of carbonyl (C=O) groups excluding carboxylic acids is 1. The molecule has 1 amide bonds. The van der Waals surface area contributed by atoms with E-state index in [1.165, 1.54) is 30.3 Å². The van der Waals surface area contributed by atoms with Crippen molar-refractivity contribution in [1.29, 1.82) is 0 Å². The van der Waals surface area contributed by atoms with E-state index in [-0.39, 0.29) is 11.9 Å². The van der Waals surface area contributed by atoms with Crippen molar-refractivity contribution in [2.75, 3.05) is 0 Å². The van der Waals surface area contributed by atoms with Gasteiger partial charge >= 0.3 is 0 Å². The second-order valence-electron chi connectivity index (χ2n) is 5.08. The monoisotopic (exact) mass is 325 g/mol. The first-order valence-electron chi connectivity index (χ1n) is 7.21. The number of nitrogens with zero attached hydrogens (tertiary/aromatic N) is 2. The standard InChI is InChI=1S/C15H20ClN3OS/c1-3-4-5-6-11(2)17-13(20)8-7-12-14(16)18-15-19(12)9-10-21-15/h7-11H,3-6H2,1-2H3,(H,17,20)/b8-7+. The summed E-state index contributed by atoms with van der Waals surface area (Å²) < 4.78 is 1.88. The quantitative estimate of drug-likeness (QED) is 0.614. The Labute approximate surface area is 133 Å². The van der Waals surface area contributed by atoms with Gasteiger partial charge < -0.3 is 5.32 Å². The number of rotatable bonds is 7. The van der Waals surface area contributed by atoms with Crippen molar-refractivity contribution in [2.24, 2.45) is 0 Å². The van der Waals surface area contributed by atoms with Crippen molar-refractivity contribution < 1.29 is 4.79 Å². The lowest BCUT2D eigenvalue weighted by atomic mass is 10.1. The Morgan fingerprint density at radius 1 is 1.57 bits per heavy atom. The predicted octanol–water partition coefficient (Wildman–Crippen LogP) is 4.15. The van der Waals surface area contributed by atoms with Gasteiger partial charge in [-0.15, -0.1) is 11.3 Å². The van der Waals surface area contributed by atoms with Gasteiger partial charge in [0.2, 0.25) is 5.91 Å². The molecule has 2 aromatic heterocycles. The van der Waals surface area contributed by atoms with E-state index in [0.29, 0.717) is 5.15 Å². The molecule has 4 nitrogen and oxygen atoms in total.